The summed E-state index contributed by atoms with van der Waals surface area (Å²) in [5, 5.41) is 0. The molecule has 0 unspecified atom stereocenters. The van der Waals surface area contributed by atoms with Gasteiger partial charge in [0.2, 0.25) is 0 Å². The number of anilines is 2. The van der Waals surface area contributed by atoms with E-state index in [0.717, 1.165) is 12.3 Å². The fraction of sp³-hybridized carbons (Fsp3) is 0.300. The number of nitrogen functional groups attached to an aromatic ring is 1. The van der Waals surface area contributed by atoms with E-state index >= 15 is 0 Å². The summed E-state index contributed by atoms with van der Waals surface area (Å²) in [6.07, 6.45) is -3.39. The predicted molar refractivity (Wildman–Crippen MR) is 56.9 cm³/mol. The second-order valence-corrected chi connectivity index (χ2v) is 3.42. The molecule has 6 heteroatoms. The van der Waals surface area contributed by atoms with Crippen molar-refractivity contribution in [3.05, 3.63) is 30.2 Å². The molecule has 88 valence electrons. The van der Waals surface area contributed by atoms with Crippen molar-refractivity contribution in [2.24, 2.45) is 0 Å². The third-order valence-corrected chi connectivity index (χ3v) is 2.14. The van der Waals surface area contributed by atoms with E-state index in [1.165, 1.54) is 0 Å². The quantitative estimate of drug-likeness (QED) is 0.850. The highest BCUT2D eigenvalue weighted by Crippen LogP contribution is 2.32. The number of hydrogen-bond acceptors (Lipinski definition) is 3. The fourth-order valence-corrected chi connectivity index (χ4v) is 1.10. The van der Waals surface area contributed by atoms with Gasteiger partial charge in [-0.15, -0.1) is 0 Å². The van der Waals surface area contributed by atoms with Crippen molar-refractivity contribution in [3.63, 3.8) is 0 Å². The first-order valence-corrected chi connectivity index (χ1v) is 4.45. The molecule has 0 aliphatic carbocycles. The minimum atomic E-state index is -4.48. The van der Waals surface area contributed by atoms with Gasteiger partial charge in [0.05, 0.1) is 17.6 Å². The number of pyridine rings is 1. The Morgan fingerprint density at radius 2 is 2.06 bits per heavy atom. The van der Waals surface area contributed by atoms with Crippen LogP contribution in [0, 0.1) is 0 Å². The van der Waals surface area contributed by atoms with Crippen LogP contribution in [0.5, 0.6) is 0 Å². The maximum Gasteiger partial charge on any atom is 0.433 e. The van der Waals surface area contributed by atoms with Crippen molar-refractivity contribution in [2.75, 3.05) is 17.7 Å². The second-order valence-electron chi connectivity index (χ2n) is 3.42. The number of hydrogen-bond donors (Lipinski definition) is 1. The van der Waals surface area contributed by atoms with Gasteiger partial charge < -0.3 is 10.6 Å². The number of nitrogens with zero attached hydrogens (tertiary/aromatic N) is 2. The van der Waals surface area contributed by atoms with Crippen LogP contribution in [0.25, 0.3) is 0 Å². The predicted octanol–water partition coefficient (Wildman–Crippen LogP) is 2.65. The average molecular weight is 231 g/mol. The minimum Gasteiger partial charge on any atom is -0.397 e. The molecule has 0 saturated heterocycles. The van der Waals surface area contributed by atoms with Crippen LogP contribution in [0.3, 0.4) is 0 Å². The van der Waals surface area contributed by atoms with Crippen molar-refractivity contribution < 1.29 is 13.2 Å². The minimum absolute atomic E-state index is 0.0211. The summed E-state index contributed by atoms with van der Waals surface area (Å²) >= 11 is 0. The molecule has 16 heavy (non-hydrogen) atoms. The molecule has 0 bridgehead atoms. The van der Waals surface area contributed by atoms with Crippen LogP contribution in [0.1, 0.15) is 12.6 Å². The Kier molecular flexibility index (Phi) is 3.11. The first kappa shape index (κ1) is 12.4. The topological polar surface area (TPSA) is 42.2 Å². The van der Waals surface area contributed by atoms with E-state index in [4.69, 9.17) is 5.73 Å². The molecular formula is C10H12F3N3. The van der Waals surface area contributed by atoms with E-state index in [1.807, 2.05) is 0 Å². The van der Waals surface area contributed by atoms with Crippen LogP contribution < -0.4 is 10.6 Å². The van der Waals surface area contributed by atoms with Gasteiger partial charge in [0.15, 0.2) is 0 Å². The van der Waals surface area contributed by atoms with Gasteiger partial charge in [-0.3, -0.25) is 0 Å². The Labute approximate surface area is 91.4 Å². The molecular weight excluding hydrogens is 219 g/mol. The highest BCUT2D eigenvalue weighted by molar-refractivity contribution is 5.68. The molecule has 0 spiro atoms. The smallest absolute Gasteiger partial charge is 0.397 e. The Morgan fingerprint density at radius 1 is 1.50 bits per heavy atom. The number of nitrogens with two attached hydrogens (primary N) is 1. The van der Waals surface area contributed by atoms with E-state index in [0.29, 0.717) is 11.4 Å². The largest absolute Gasteiger partial charge is 0.433 e. The molecule has 0 fully saturated rings. The van der Waals surface area contributed by atoms with Crippen LogP contribution in [0.4, 0.5) is 24.5 Å². The molecule has 0 radical (unpaired) electrons. The summed E-state index contributed by atoms with van der Waals surface area (Å²) in [6, 6.07) is 0.814. The molecule has 0 saturated carbocycles. The maximum atomic E-state index is 12.3. The monoisotopic (exact) mass is 231 g/mol. The summed E-state index contributed by atoms with van der Waals surface area (Å²) in [5.74, 6) is 0. The second kappa shape index (κ2) is 4.03. The first-order chi connectivity index (χ1) is 7.23. The molecule has 1 aromatic rings. The van der Waals surface area contributed by atoms with E-state index < -0.39 is 11.9 Å². The molecule has 0 atom stereocenters. The van der Waals surface area contributed by atoms with Gasteiger partial charge in [0.25, 0.3) is 0 Å². The molecule has 3 nitrogen and oxygen atoms in total. The van der Waals surface area contributed by atoms with Crippen LogP contribution in [0.2, 0.25) is 0 Å². The molecule has 0 amide bonds. The zero-order chi connectivity index (χ0) is 12.5. The van der Waals surface area contributed by atoms with E-state index in [1.54, 1.807) is 18.9 Å². The summed E-state index contributed by atoms with van der Waals surface area (Å²) in [7, 11) is 1.66. The van der Waals surface area contributed by atoms with Gasteiger partial charge in [0.1, 0.15) is 5.69 Å². The Hall–Kier alpha value is -1.72. The van der Waals surface area contributed by atoms with E-state index in [9.17, 15) is 13.2 Å². The summed E-state index contributed by atoms with van der Waals surface area (Å²) in [5.41, 5.74) is 5.62. The third kappa shape index (κ3) is 2.44. The van der Waals surface area contributed by atoms with Crippen molar-refractivity contribution in [3.8, 4) is 0 Å². The van der Waals surface area contributed by atoms with Crippen LogP contribution in [0.15, 0.2) is 24.5 Å². The number of aromatic nitrogens is 1. The van der Waals surface area contributed by atoms with E-state index in [2.05, 4.69) is 11.6 Å². The summed E-state index contributed by atoms with van der Waals surface area (Å²) < 4.78 is 36.9. The van der Waals surface area contributed by atoms with Crippen molar-refractivity contribution in [1.29, 1.82) is 0 Å². The zero-order valence-corrected chi connectivity index (χ0v) is 8.97. The lowest BCUT2D eigenvalue weighted by atomic mass is 10.2. The van der Waals surface area contributed by atoms with Gasteiger partial charge >= 0.3 is 6.18 Å². The van der Waals surface area contributed by atoms with Gasteiger partial charge in [-0.1, -0.05) is 6.58 Å². The van der Waals surface area contributed by atoms with Crippen molar-refractivity contribution in [2.45, 2.75) is 13.1 Å². The molecule has 0 aromatic carbocycles. The normalized spacial score (nSPS) is 11.3. The molecule has 1 heterocycles. The lowest BCUT2D eigenvalue weighted by molar-refractivity contribution is -0.141. The van der Waals surface area contributed by atoms with Gasteiger partial charge in [0, 0.05) is 12.7 Å². The third-order valence-electron chi connectivity index (χ3n) is 2.14. The maximum absolute atomic E-state index is 12.3. The van der Waals surface area contributed by atoms with Crippen molar-refractivity contribution in [1.82, 2.24) is 4.98 Å². The Bertz CT molecular complexity index is 412. The molecule has 1 aromatic heterocycles. The Balaban J connectivity index is 3.15. The van der Waals surface area contributed by atoms with Crippen LogP contribution in [-0.2, 0) is 6.18 Å². The fourth-order valence-electron chi connectivity index (χ4n) is 1.10. The summed E-state index contributed by atoms with van der Waals surface area (Å²) in [6.45, 7) is 5.38. The highest BCUT2D eigenvalue weighted by atomic mass is 19.4. The molecule has 0 aliphatic heterocycles. The van der Waals surface area contributed by atoms with Crippen molar-refractivity contribution >= 4 is 11.4 Å². The molecule has 1 rings (SSSR count). The Morgan fingerprint density at radius 3 is 2.44 bits per heavy atom. The number of alkyl halides is 3. The summed E-state index contributed by atoms with van der Waals surface area (Å²) in [4.78, 5) is 4.90. The first-order valence-electron chi connectivity index (χ1n) is 4.45. The van der Waals surface area contributed by atoms with Crippen LogP contribution in [-0.4, -0.2) is 12.0 Å². The van der Waals surface area contributed by atoms with Gasteiger partial charge in [-0.05, 0) is 13.0 Å². The number of allylic oxidation sites excluding steroid dienone is 1. The standard InChI is InChI=1S/C10H12F3N3/c1-6(2)16(3)8-5-15-9(4-7(8)14)10(11,12)13/h4-5H,1H2,2-3H3,(H2,14,15). The zero-order valence-electron chi connectivity index (χ0n) is 8.97. The highest BCUT2D eigenvalue weighted by Gasteiger charge is 2.33. The SMILES string of the molecule is C=C(C)N(C)c1cnc(C(F)(F)F)cc1N. The molecule has 0 aliphatic rings. The lowest BCUT2D eigenvalue weighted by Crippen LogP contribution is -2.17. The molecule has 2 N–H and O–H groups in total. The lowest BCUT2D eigenvalue weighted by Gasteiger charge is -2.21. The van der Waals surface area contributed by atoms with Gasteiger partial charge in [-0.2, -0.15) is 13.2 Å². The number of halogens is 3. The average Bonchev–Trinajstić information content (AvgIpc) is 2.15. The number of rotatable bonds is 2. The van der Waals surface area contributed by atoms with E-state index in [-0.39, 0.29) is 5.69 Å². The van der Waals surface area contributed by atoms with Crippen LogP contribution >= 0.6 is 0 Å². The van der Waals surface area contributed by atoms with Gasteiger partial charge in [-0.25, -0.2) is 4.98 Å².